The Morgan fingerprint density at radius 2 is 1.46 bits per heavy atom. The van der Waals surface area contributed by atoms with Crippen molar-refractivity contribution < 1.29 is 28.7 Å². The van der Waals surface area contributed by atoms with E-state index in [0.29, 0.717) is 12.4 Å². The summed E-state index contributed by atoms with van der Waals surface area (Å²) in [6.45, 7) is 0.307. The number of alkyl carbamates (subject to hydrolysis) is 2. The number of rotatable bonds is 9. The highest BCUT2D eigenvalue weighted by molar-refractivity contribution is 6.05. The van der Waals surface area contributed by atoms with E-state index in [1.807, 2.05) is 12.1 Å². The largest absolute Gasteiger partial charge is 0.453 e. The monoisotopic (exact) mass is 728 g/mol. The van der Waals surface area contributed by atoms with Crippen LogP contribution in [0.25, 0.3) is 55.1 Å². The summed E-state index contributed by atoms with van der Waals surface area (Å²) in [4.78, 5) is 66.9. The van der Waals surface area contributed by atoms with Gasteiger partial charge in [0.05, 0.1) is 47.9 Å². The van der Waals surface area contributed by atoms with Crippen molar-refractivity contribution >= 4 is 56.8 Å². The third-order valence-electron chi connectivity index (χ3n) is 10.6. The quantitative estimate of drug-likeness (QED) is 0.124. The number of aromatic nitrogens is 4. The Kier molecular flexibility index (Phi) is 9.09. The molecule has 1 aliphatic carbocycles. The molecule has 2 aromatic heterocycles. The lowest BCUT2D eigenvalue weighted by molar-refractivity contribution is -0.131. The number of H-pyrrole nitrogens is 2. The molecule has 8 rings (SSSR count). The maximum absolute atomic E-state index is 12.9. The van der Waals surface area contributed by atoms with E-state index in [-0.39, 0.29) is 30.9 Å². The molecule has 5 N–H and O–H groups in total. The Labute approximate surface area is 310 Å². The standard InChI is InChI=1S/C40H40N8O6/c1-53-38(51)41-21-33(49)47-40(16-4-17-40)37-45-30-15-12-27-19-25(10-13-28(27)35(30)46-37)23-6-8-24(9-7-23)26-11-14-29-31(20-26)44-36(43-29)32-5-3-18-48(32)34(50)22-42-39(52)54-2/h6-15,19-20,32H,3-5,16-18,21-22H2,1-2H3,(H,41,51)(H,42,52)(H,43,44)(H,45,46)(H,47,49)/t32-/m0/s1. The van der Waals surface area contributed by atoms with E-state index < -0.39 is 17.7 Å². The van der Waals surface area contributed by atoms with Gasteiger partial charge in [0.1, 0.15) is 24.7 Å². The SMILES string of the molecule is COC(=O)NCC(=O)NC1(c2nc3c(ccc4cc(-c5ccc(-c6ccc7nc([C@@H]8CCCN8C(=O)CNC(=O)OC)[nH]c7c6)cc5)ccc43)[nH]2)CCC1. The molecule has 1 saturated heterocycles. The summed E-state index contributed by atoms with van der Waals surface area (Å²) in [5, 5.41) is 10.1. The van der Waals surface area contributed by atoms with Gasteiger partial charge in [0, 0.05) is 11.9 Å². The summed E-state index contributed by atoms with van der Waals surface area (Å²) >= 11 is 0. The second-order valence-corrected chi connectivity index (χ2v) is 13.8. The molecule has 14 heteroatoms. The van der Waals surface area contributed by atoms with Crippen molar-refractivity contribution in [1.82, 2.24) is 40.8 Å². The molecule has 54 heavy (non-hydrogen) atoms. The Morgan fingerprint density at radius 3 is 2.17 bits per heavy atom. The van der Waals surface area contributed by atoms with Gasteiger partial charge in [-0.3, -0.25) is 9.59 Å². The van der Waals surface area contributed by atoms with Crippen LogP contribution < -0.4 is 16.0 Å². The number of fused-ring (bicyclic) bond motifs is 4. The smallest absolute Gasteiger partial charge is 0.407 e. The highest BCUT2D eigenvalue weighted by Crippen LogP contribution is 2.41. The van der Waals surface area contributed by atoms with Gasteiger partial charge < -0.3 is 40.3 Å². The van der Waals surface area contributed by atoms with Crippen molar-refractivity contribution in [2.75, 3.05) is 33.9 Å². The van der Waals surface area contributed by atoms with Crippen molar-refractivity contribution in [2.45, 2.75) is 43.7 Å². The van der Waals surface area contributed by atoms with Gasteiger partial charge in [0.15, 0.2) is 0 Å². The first kappa shape index (κ1) is 34.6. The molecule has 0 bridgehead atoms. The fourth-order valence-corrected chi connectivity index (χ4v) is 7.59. The molecule has 4 aromatic carbocycles. The van der Waals surface area contributed by atoms with Gasteiger partial charge in [0.2, 0.25) is 11.8 Å². The van der Waals surface area contributed by atoms with Gasteiger partial charge >= 0.3 is 12.2 Å². The van der Waals surface area contributed by atoms with Crippen LogP contribution in [-0.4, -0.2) is 82.7 Å². The molecular formula is C40H40N8O6. The van der Waals surface area contributed by atoms with Gasteiger partial charge in [-0.05, 0) is 84.0 Å². The molecule has 0 spiro atoms. The number of aromatic amines is 2. The van der Waals surface area contributed by atoms with Crippen molar-refractivity contribution in [3.8, 4) is 22.3 Å². The summed E-state index contributed by atoms with van der Waals surface area (Å²) in [7, 11) is 2.53. The van der Waals surface area contributed by atoms with Crippen LogP contribution in [0.2, 0.25) is 0 Å². The minimum Gasteiger partial charge on any atom is -0.453 e. The van der Waals surface area contributed by atoms with Gasteiger partial charge in [-0.15, -0.1) is 0 Å². The second-order valence-electron chi connectivity index (χ2n) is 13.8. The fraction of sp³-hybridized carbons (Fsp3) is 0.300. The van der Waals surface area contributed by atoms with Crippen LogP contribution in [0.1, 0.15) is 49.8 Å². The average Bonchev–Trinajstić information content (AvgIpc) is 3.95. The van der Waals surface area contributed by atoms with Gasteiger partial charge in [-0.2, -0.15) is 0 Å². The third-order valence-corrected chi connectivity index (χ3v) is 10.6. The molecule has 3 heterocycles. The number of carbonyl (C=O) groups is 4. The number of nitrogens with one attached hydrogen (secondary N) is 5. The fourth-order valence-electron chi connectivity index (χ4n) is 7.59. The summed E-state index contributed by atoms with van der Waals surface area (Å²) in [6, 6.07) is 24.9. The van der Waals surface area contributed by atoms with Gasteiger partial charge in [0.25, 0.3) is 0 Å². The van der Waals surface area contributed by atoms with E-state index in [1.165, 1.54) is 14.2 Å². The predicted octanol–water partition coefficient (Wildman–Crippen LogP) is 5.80. The molecule has 1 aliphatic heterocycles. The van der Waals surface area contributed by atoms with Crippen LogP contribution in [0.4, 0.5) is 9.59 Å². The molecule has 1 atom stereocenters. The summed E-state index contributed by atoms with van der Waals surface area (Å²) in [5.41, 5.74) is 7.12. The topological polar surface area (TPSA) is 183 Å². The molecule has 14 nitrogen and oxygen atoms in total. The number of hydrogen-bond donors (Lipinski definition) is 5. The van der Waals surface area contributed by atoms with Crippen molar-refractivity contribution in [2.24, 2.45) is 0 Å². The van der Waals surface area contributed by atoms with Gasteiger partial charge in [-0.1, -0.05) is 48.5 Å². The summed E-state index contributed by atoms with van der Waals surface area (Å²) in [6.07, 6.45) is 2.83. The minimum absolute atomic E-state index is 0.124. The number of imidazole rings is 2. The van der Waals surface area contributed by atoms with E-state index in [1.54, 1.807) is 4.90 Å². The van der Waals surface area contributed by atoms with E-state index in [0.717, 1.165) is 93.0 Å². The molecule has 6 aromatic rings. The second kappa shape index (κ2) is 14.2. The molecular weight excluding hydrogens is 688 g/mol. The van der Waals surface area contributed by atoms with Gasteiger partial charge in [-0.25, -0.2) is 19.6 Å². The maximum atomic E-state index is 12.9. The molecule has 276 valence electrons. The van der Waals surface area contributed by atoms with Crippen molar-refractivity contribution in [3.05, 3.63) is 84.4 Å². The normalized spacial score (nSPS) is 16.3. The lowest BCUT2D eigenvalue weighted by Gasteiger charge is -2.40. The zero-order chi connectivity index (χ0) is 37.4. The number of amides is 4. The zero-order valence-electron chi connectivity index (χ0n) is 30.0. The Balaban J connectivity index is 0.984. The highest BCUT2D eigenvalue weighted by atomic mass is 16.5. The molecule has 1 saturated carbocycles. The van der Waals surface area contributed by atoms with Crippen LogP contribution in [0.5, 0.6) is 0 Å². The van der Waals surface area contributed by atoms with Crippen molar-refractivity contribution in [1.29, 1.82) is 0 Å². The van der Waals surface area contributed by atoms with E-state index in [9.17, 15) is 19.2 Å². The number of methoxy groups -OCH3 is 2. The summed E-state index contributed by atoms with van der Waals surface area (Å²) < 4.78 is 9.16. The maximum Gasteiger partial charge on any atom is 0.407 e. The first-order valence-electron chi connectivity index (χ1n) is 18.0. The zero-order valence-corrected chi connectivity index (χ0v) is 30.0. The molecule has 2 fully saturated rings. The molecule has 4 amide bonds. The average molecular weight is 729 g/mol. The van der Waals surface area contributed by atoms with E-state index >= 15 is 0 Å². The number of nitrogens with zero attached hydrogens (tertiary/aromatic N) is 3. The van der Waals surface area contributed by atoms with E-state index in [2.05, 4.69) is 96.1 Å². The molecule has 0 unspecified atom stereocenters. The first-order chi connectivity index (χ1) is 26.2. The first-order valence-corrected chi connectivity index (χ1v) is 18.0. The summed E-state index contributed by atoms with van der Waals surface area (Å²) in [5.74, 6) is 0.978. The predicted molar refractivity (Wildman–Crippen MR) is 202 cm³/mol. The lowest BCUT2D eigenvalue weighted by atomic mass is 9.76. The number of ether oxygens (including phenoxy) is 2. The Bertz CT molecular complexity index is 2410. The highest BCUT2D eigenvalue weighted by Gasteiger charge is 2.43. The molecule has 0 radical (unpaired) electrons. The van der Waals surface area contributed by atoms with Crippen LogP contribution >= 0.6 is 0 Å². The Hall–Kier alpha value is -6.44. The van der Waals surface area contributed by atoms with Crippen LogP contribution in [0.15, 0.2) is 72.8 Å². The van der Waals surface area contributed by atoms with Crippen molar-refractivity contribution in [3.63, 3.8) is 0 Å². The molecule has 2 aliphatic rings. The van der Waals surface area contributed by atoms with E-state index in [4.69, 9.17) is 9.97 Å². The third kappa shape index (κ3) is 6.55. The lowest BCUT2D eigenvalue weighted by Crippen LogP contribution is -2.53. The number of benzene rings is 4. The number of hydrogen-bond acceptors (Lipinski definition) is 8. The number of carbonyl (C=O) groups excluding carboxylic acids is 4. The Morgan fingerprint density at radius 1 is 0.778 bits per heavy atom. The number of likely N-dealkylation sites (tertiary alicyclic amines) is 1. The minimum atomic E-state index is -0.655. The van der Waals surface area contributed by atoms with Crippen LogP contribution in [0.3, 0.4) is 0 Å². The van der Waals surface area contributed by atoms with Crippen LogP contribution in [-0.2, 0) is 24.6 Å². The van der Waals surface area contributed by atoms with Crippen LogP contribution in [0, 0.1) is 0 Å².